The minimum absolute atomic E-state index is 0.155. The van der Waals surface area contributed by atoms with Gasteiger partial charge >= 0.3 is 0 Å². The molecule has 1 aliphatic carbocycles. The Kier molecular flexibility index (Phi) is 2.85. The number of fused-ring (bicyclic) bond motifs is 1. The number of benzene rings is 1. The lowest BCUT2D eigenvalue weighted by atomic mass is 9.76. The lowest BCUT2D eigenvalue weighted by Gasteiger charge is -2.38. The van der Waals surface area contributed by atoms with Crippen molar-refractivity contribution < 1.29 is 4.74 Å². The molecule has 0 atom stereocenters. The molecular weight excluding hydrogens is 260 g/mol. The number of rotatable bonds is 0. The molecule has 1 heterocycles. The van der Waals surface area contributed by atoms with E-state index in [2.05, 4.69) is 63.2 Å². The molecule has 106 valence electrons. The second-order valence-corrected chi connectivity index (χ2v) is 12.8. The molecule has 1 aromatic carbocycles. The summed E-state index contributed by atoms with van der Waals surface area (Å²) in [6.07, 6.45) is 3.57. The van der Waals surface area contributed by atoms with Gasteiger partial charge in [-0.25, -0.2) is 0 Å². The molecule has 0 unspecified atom stereocenters. The van der Waals surface area contributed by atoms with Crippen LogP contribution in [-0.2, 0) is 5.41 Å². The summed E-state index contributed by atoms with van der Waals surface area (Å²) in [5.74, 6) is 4.45. The molecule has 3 rings (SSSR count). The molecule has 2 aliphatic rings. The van der Waals surface area contributed by atoms with Crippen LogP contribution in [-0.4, -0.2) is 13.7 Å². The van der Waals surface area contributed by atoms with E-state index >= 15 is 0 Å². The van der Waals surface area contributed by atoms with Crippen LogP contribution in [0.15, 0.2) is 18.2 Å². The maximum Gasteiger partial charge on any atom is 0.129 e. The third-order valence-corrected chi connectivity index (χ3v) is 5.06. The molecule has 0 radical (unpaired) electrons. The minimum Gasteiger partial charge on any atom is -0.487 e. The van der Waals surface area contributed by atoms with Gasteiger partial charge in [-0.15, -0.1) is 5.54 Å². The van der Waals surface area contributed by atoms with Gasteiger partial charge in [-0.1, -0.05) is 39.4 Å². The Morgan fingerprint density at radius 3 is 2.45 bits per heavy atom. The van der Waals surface area contributed by atoms with Gasteiger partial charge in [0.2, 0.25) is 0 Å². The number of ether oxygens (including phenoxy) is 1. The quantitative estimate of drug-likeness (QED) is 0.503. The third kappa shape index (κ3) is 2.65. The first-order valence-corrected chi connectivity index (χ1v) is 11.1. The van der Waals surface area contributed by atoms with E-state index in [0.29, 0.717) is 0 Å². The van der Waals surface area contributed by atoms with Crippen molar-refractivity contribution in [3.05, 3.63) is 29.3 Å². The van der Waals surface area contributed by atoms with Gasteiger partial charge in [0.25, 0.3) is 0 Å². The van der Waals surface area contributed by atoms with E-state index in [4.69, 9.17) is 4.74 Å². The molecule has 1 fully saturated rings. The van der Waals surface area contributed by atoms with Crippen LogP contribution in [0, 0.1) is 11.5 Å². The topological polar surface area (TPSA) is 9.23 Å². The van der Waals surface area contributed by atoms with Crippen molar-refractivity contribution in [1.29, 1.82) is 0 Å². The van der Waals surface area contributed by atoms with Crippen LogP contribution in [0.4, 0.5) is 0 Å². The molecule has 1 nitrogen and oxygen atoms in total. The first-order chi connectivity index (χ1) is 9.19. The molecule has 0 N–H and O–H groups in total. The third-order valence-electron chi connectivity index (χ3n) is 4.19. The summed E-state index contributed by atoms with van der Waals surface area (Å²) in [5, 5.41) is 0. The van der Waals surface area contributed by atoms with E-state index in [1.807, 2.05) is 0 Å². The lowest BCUT2D eigenvalue weighted by Crippen LogP contribution is -2.35. The standard InChI is InChI=1S/C18H24OSi/c1-17(2)13-18(9-10-18)19-16-7-6-14(12-15(16)17)8-11-20(3,4)5/h6-7,12H,9-10,13H2,1-5H3. The van der Waals surface area contributed by atoms with Gasteiger partial charge in [-0.2, -0.15) is 0 Å². The molecule has 1 aliphatic heterocycles. The van der Waals surface area contributed by atoms with Gasteiger partial charge in [-0.3, -0.25) is 0 Å². The summed E-state index contributed by atoms with van der Waals surface area (Å²) in [6, 6.07) is 6.49. The number of hydrogen-bond donors (Lipinski definition) is 0. The maximum absolute atomic E-state index is 6.23. The average Bonchev–Trinajstić information content (AvgIpc) is 3.04. The minimum atomic E-state index is -1.32. The van der Waals surface area contributed by atoms with Crippen molar-refractivity contribution in [2.45, 2.75) is 63.8 Å². The van der Waals surface area contributed by atoms with Gasteiger partial charge in [0, 0.05) is 11.1 Å². The molecule has 2 heteroatoms. The van der Waals surface area contributed by atoms with Crippen molar-refractivity contribution in [2.24, 2.45) is 0 Å². The highest BCUT2D eigenvalue weighted by Gasteiger charge is 2.52. The smallest absolute Gasteiger partial charge is 0.129 e. The highest BCUT2D eigenvalue weighted by molar-refractivity contribution is 6.83. The summed E-state index contributed by atoms with van der Waals surface area (Å²) >= 11 is 0. The molecule has 0 saturated heterocycles. The molecule has 1 spiro atoms. The van der Waals surface area contributed by atoms with Gasteiger partial charge in [0.05, 0.1) is 0 Å². The Morgan fingerprint density at radius 1 is 1.15 bits per heavy atom. The second-order valence-electron chi connectivity index (χ2n) is 8.06. The molecule has 1 saturated carbocycles. The summed E-state index contributed by atoms with van der Waals surface area (Å²) in [6.45, 7) is 11.5. The molecule has 20 heavy (non-hydrogen) atoms. The Morgan fingerprint density at radius 2 is 1.85 bits per heavy atom. The highest BCUT2D eigenvalue weighted by Crippen LogP contribution is 2.54. The Bertz CT molecular complexity index is 607. The summed E-state index contributed by atoms with van der Waals surface area (Å²) in [4.78, 5) is 0. The van der Waals surface area contributed by atoms with Crippen LogP contribution in [0.3, 0.4) is 0 Å². The van der Waals surface area contributed by atoms with Crippen molar-refractivity contribution in [1.82, 2.24) is 0 Å². The fourth-order valence-electron chi connectivity index (χ4n) is 3.07. The van der Waals surface area contributed by atoms with Crippen molar-refractivity contribution in [3.63, 3.8) is 0 Å². The molecule has 0 aromatic heterocycles. The zero-order valence-electron chi connectivity index (χ0n) is 13.3. The van der Waals surface area contributed by atoms with Crippen molar-refractivity contribution in [2.75, 3.05) is 0 Å². The Hall–Kier alpha value is -1.20. The van der Waals surface area contributed by atoms with Crippen LogP contribution in [0.25, 0.3) is 0 Å². The predicted octanol–water partition coefficient (Wildman–Crippen LogP) is 4.51. The van der Waals surface area contributed by atoms with Crippen LogP contribution < -0.4 is 4.74 Å². The fraction of sp³-hybridized carbons (Fsp3) is 0.556. The Labute approximate surface area is 123 Å². The van der Waals surface area contributed by atoms with Crippen molar-refractivity contribution >= 4 is 8.07 Å². The SMILES string of the molecule is CC1(C)CC2(CC2)Oc2ccc(C#C[Si](C)(C)C)cc21. The van der Waals surface area contributed by atoms with Gasteiger partial charge in [0.1, 0.15) is 19.4 Å². The van der Waals surface area contributed by atoms with Gasteiger partial charge in [-0.05, 0) is 42.9 Å². The van der Waals surface area contributed by atoms with Crippen LogP contribution in [0.1, 0.15) is 44.2 Å². The summed E-state index contributed by atoms with van der Waals surface area (Å²) in [5.41, 5.74) is 6.26. The van der Waals surface area contributed by atoms with E-state index in [-0.39, 0.29) is 11.0 Å². The zero-order chi connectivity index (χ0) is 14.6. The first kappa shape index (κ1) is 13.8. The Balaban J connectivity index is 1.98. The summed E-state index contributed by atoms with van der Waals surface area (Å²) < 4.78 is 6.23. The molecule has 0 amide bonds. The van der Waals surface area contributed by atoms with Gasteiger partial charge < -0.3 is 4.74 Å². The first-order valence-electron chi connectivity index (χ1n) is 7.56. The van der Waals surface area contributed by atoms with E-state index in [1.165, 1.54) is 18.4 Å². The van der Waals surface area contributed by atoms with E-state index in [0.717, 1.165) is 17.7 Å². The predicted molar refractivity (Wildman–Crippen MR) is 86.9 cm³/mol. The monoisotopic (exact) mass is 284 g/mol. The lowest BCUT2D eigenvalue weighted by molar-refractivity contribution is 0.113. The van der Waals surface area contributed by atoms with Crippen molar-refractivity contribution in [3.8, 4) is 17.2 Å². The van der Waals surface area contributed by atoms with E-state index in [9.17, 15) is 0 Å². The normalized spacial score (nSPS) is 21.4. The summed E-state index contributed by atoms with van der Waals surface area (Å²) in [7, 11) is -1.32. The van der Waals surface area contributed by atoms with Crippen LogP contribution in [0.2, 0.25) is 19.6 Å². The van der Waals surface area contributed by atoms with Gasteiger partial charge in [0.15, 0.2) is 0 Å². The van der Waals surface area contributed by atoms with Crippen LogP contribution >= 0.6 is 0 Å². The van der Waals surface area contributed by atoms with Crippen LogP contribution in [0.5, 0.6) is 5.75 Å². The highest BCUT2D eigenvalue weighted by atomic mass is 28.3. The molecule has 0 bridgehead atoms. The molecular formula is C18H24OSi. The average molecular weight is 284 g/mol. The number of hydrogen-bond acceptors (Lipinski definition) is 1. The van der Waals surface area contributed by atoms with E-state index in [1.54, 1.807) is 0 Å². The van der Waals surface area contributed by atoms with E-state index < -0.39 is 8.07 Å². The maximum atomic E-state index is 6.23. The largest absolute Gasteiger partial charge is 0.487 e. The second kappa shape index (κ2) is 4.15. The fourth-order valence-corrected chi connectivity index (χ4v) is 3.59. The zero-order valence-corrected chi connectivity index (χ0v) is 14.3. The molecule has 1 aromatic rings.